The molecule has 1 unspecified atom stereocenters. The lowest BCUT2D eigenvalue weighted by atomic mass is 10.1. The Balaban J connectivity index is 1.33. The quantitative estimate of drug-likeness (QED) is 0.452. The van der Waals surface area contributed by atoms with Gasteiger partial charge >= 0.3 is 0 Å². The highest BCUT2D eigenvalue weighted by molar-refractivity contribution is 6.02. The number of furan rings is 1. The van der Waals surface area contributed by atoms with Crippen LogP contribution < -0.4 is 15.4 Å². The molecule has 0 spiro atoms. The predicted molar refractivity (Wildman–Crippen MR) is 117 cm³/mol. The molecule has 0 fully saturated rings. The highest BCUT2D eigenvalue weighted by atomic mass is 16.5. The van der Waals surface area contributed by atoms with Crippen LogP contribution in [0.1, 0.15) is 35.6 Å². The van der Waals surface area contributed by atoms with Crippen LogP contribution >= 0.6 is 0 Å². The van der Waals surface area contributed by atoms with Crippen molar-refractivity contribution in [3.63, 3.8) is 0 Å². The summed E-state index contributed by atoms with van der Waals surface area (Å²) >= 11 is 0. The highest BCUT2D eigenvalue weighted by Crippen LogP contribution is 2.18. The number of carbonyl (C=O) groups excluding carboxylic acids is 2. The molecule has 1 aromatic heterocycles. The van der Waals surface area contributed by atoms with Crippen molar-refractivity contribution in [2.45, 2.75) is 19.4 Å². The SMILES string of the molecule is CC(OCCCNC(=O)COc1cccc(NC(=O)c2ccco2)c1)c1ccccc1. The molecule has 0 saturated carbocycles. The van der Waals surface area contributed by atoms with Gasteiger partial charge in [0.15, 0.2) is 12.4 Å². The molecule has 1 heterocycles. The molecule has 2 amide bonds. The Hall–Kier alpha value is -3.58. The van der Waals surface area contributed by atoms with Gasteiger partial charge in [-0.3, -0.25) is 9.59 Å². The van der Waals surface area contributed by atoms with Crippen LogP contribution in [-0.2, 0) is 9.53 Å². The second-order valence-corrected chi connectivity index (χ2v) is 6.88. The largest absolute Gasteiger partial charge is 0.484 e. The lowest BCUT2D eigenvalue weighted by Crippen LogP contribution is -2.30. The summed E-state index contributed by atoms with van der Waals surface area (Å²) in [5, 5.41) is 5.52. The van der Waals surface area contributed by atoms with Gasteiger partial charge in [0.2, 0.25) is 0 Å². The van der Waals surface area contributed by atoms with Crippen LogP contribution in [0.5, 0.6) is 5.75 Å². The summed E-state index contributed by atoms with van der Waals surface area (Å²) < 4.78 is 16.4. The van der Waals surface area contributed by atoms with Crippen LogP contribution in [0.25, 0.3) is 0 Å². The van der Waals surface area contributed by atoms with E-state index >= 15 is 0 Å². The van der Waals surface area contributed by atoms with Gasteiger partial charge in [0.05, 0.1) is 12.4 Å². The first kappa shape index (κ1) is 22.1. The number of amides is 2. The molecule has 31 heavy (non-hydrogen) atoms. The molecule has 0 aliphatic rings. The first-order valence-electron chi connectivity index (χ1n) is 10.1. The van der Waals surface area contributed by atoms with E-state index in [2.05, 4.69) is 10.6 Å². The average molecular weight is 422 g/mol. The molecule has 1 atom stereocenters. The third kappa shape index (κ3) is 7.31. The number of ether oxygens (including phenoxy) is 2. The number of hydrogen-bond acceptors (Lipinski definition) is 5. The molecule has 7 nitrogen and oxygen atoms in total. The van der Waals surface area contributed by atoms with Gasteiger partial charge in [0.25, 0.3) is 11.8 Å². The number of nitrogens with one attached hydrogen (secondary N) is 2. The number of hydrogen-bond donors (Lipinski definition) is 2. The fraction of sp³-hybridized carbons (Fsp3) is 0.250. The number of benzene rings is 2. The standard InChI is InChI=1S/C24H26N2O5/c1-18(19-8-3-2-4-9-19)29-15-7-13-25-23(27)17-31-21-11-5-10-20(16-21)26-24(28)22-12-6-14-30-22/h2-6,8-12,14,16,18H,7,13,15,17H2,1H3,(H,25,27)(H,26,28). The molecular weight excluding hydrogens is 396 g/mol. The molecule has 0 saturated heterocycles. The maximum absolute atomic E-state index is 12.0. The topological polar surface area (TPSA) is 89.8 Å². The molecule has 0 bridgehead atoms. The summed E-state index contributed by atoms with van der Waals surface area (Å²) in [4.78, 5) is 24.0. The molecule has 3 aromatic rings. The van der Waals surface area contributed by atoms with Gasteiger partial charge in [-0.1, -0.05) is 36.4 Å². The average Bonchev–Trinajstić information content (AvgIpc) is 3.33. The zero-order valence-electron chi connectivity index (χ0n) is 17.4. The second kappa shape index (κ2) is 11.6. The zero-order chi connectivity index (χ0) is 21.9. The van der Waals surface area contributed by atoms with E-state index in [-0.39, 0.29) is 30.3 Å². The number of carbonyl (C=O) groups is 2. The van der Waals surface area contributed by atoms with Crippen molar-refractivity contribution in [3.8, 4) is 5.75 Å². The Morgan fingerprint density at radius 1 is 1.03 bits per heavy atom. The van der Waals surface area contributed by atoms with E-state index in [0.29, 0.717) is 31.0 Å². The monoisotopic (exact) mass is 422 g/mol. The molecule has 2 N–H and O–H groups in total. The van der Waals surface area contributed by atoms with Gasteiger partial charge in [-0.15, -0.1) is 0 Å². The van der Waals surface area contributed by atoms with Crippen LogP contribution in [0.2, 0.25) is 0 Å². The van der Waals surface area contributed by atoms with Crippen molar-refractivity contribution in [2.24, 2.45) is 0 Å². The Morgan fingerprint density at radius 3 is 2.65 bits per heavy atom. The fourth-order valence-electron chi connectivity index (χ4n) is 2.84. The Bertz CT molecular complexity index is 957. The minimum absolute atomic E-state index is 0.0146. The van der Waals surface area contributed by atoms with Gasteiger partial charge < -0.3 is 24.5 Å². The Labute approximate surface area is 181 Å². The normalized spacial score (nSPS) is 11.5. The second-order valence-electron chi connectivity index (χ2n) is 6.88. The summed E-state index contributed by atoms with van der Waals surface area (Å²) in [5.41, 5.74) is 1.67. The first-order valence-corrected chi connectivity index (χ1v) is 10.1. The van der Waals surface area contributed by atoms with Gasteiger partial charge in [-0.05, 0) is 43.2 Å². The van der Waals surface area contributed by atoms with E-state index in [1.165, 1.54) is 6.26 Å². The van der Waals surface area contributed by atoms with Crippen LogP contribution in [0.3, 0.4) is 0 Å². The Kier molecular flexibility index (Phi) is 8.25. The van der Waals surface area contributed by atoms with Crippen LogP contribution in [-0.4, -0.2) is 31.6 Å². The predicted octanol–water partition coefficient (Wildman–Crippen LogP) is 4.19. The van der Waals surface area contributed by atoms with Gasteiger partial charge in [-0.2, -0.15) is 0 Å². The molecular formula is C24H26N2O5. The smallest absolute Gasteiger partial charge is 0.291 e. The summed E-state index contributed by atoms with van der Waals surface area (Å²) in [5.74, 6) is 0.116. The third-order valence-corrected chi connectivity index (χ3v) is 4.49. The molecule has 162 valence electrons. The van der Waals surface area contributed by atoms with Crippen LogP contribution in [0, 0.1) is 0 Å². The lowest BCUT2D eigenvalue weighted by molar-refractivity contribution is -0.123. The maximum Gasteiger partial charge on any atom is 0.291 e. The van der Waals surface area contributed by atoms with Crippen molar-refractivity contribution in [2.75, 3.05) is 25.1 Å². The van der Waals surface area contributed by atoms with Gasteiger partial charge in [0, 0.05) is 24.9 Å². The molecule has 0 radical (unpaired) electrons. The van der Waals surface area contributed by atoms with Gasteiger partial charge in [0.1, 0.15) is 5.75 Å². The van der Waals surface area contributed by atoms with E-state index < -0.39 is 0 Å². The van der Waals surface area contributed by atoms with Gasteiger partial charge in [-0.25, -0.2) is 0 Å². The van der Waals surface area contributed by atoms with Crippen LogP contribution in [0.4, 0.5) is 5.69 Å². The van der Waals surface area contributed by atoms with E-state index in [4.69, 9.17) is 13.9 Å². The summed E-state index contributed by atoms with van der Waals surface area (Å²) in [6.45, 7) is 2.95. The molecule has 2 aromatic carbocycles. The molecule has 7 heteroatoms. The Morgan fingerprint density at radius 2 is 1.87 bits per heavy atom. The van der Waals surface area contributed by atoms with Crippen molar-refractivity contribution in [3.05, 3.63) is 84.3 Å². The summed E-state index contributed by atoms with van der Waals surface area (Å²) in [7, 11) is 0. The van der Waals surface area contributed by atoms with Crippen molar-refractivity contribution >= 4 is 17.5 Å². The highest BCUT2D eigenvalue weighted by Gasteiger charge is 2.10. The van der Waals surface area contributed by atoms with Crippen molar-refractivity contribution in [1.82, 2.24) is 5.32 Å². The van der Waals surface area contributed by atoms with E-state index in [0.717, 1.165) is 5.56 Å². The summed E-state index contributed by atoms with van der Waals surface area (Å²) in [6, 6.07) is 20.0. The van der Waals surface area contributed by atoms with E-state index in [1.807, 2.05) is 37.3 Å². The fourth-order valence-corrected chi connectivity index (χ4v) is 2.84. The van der Waals surface area contributed by atoms with E-state index in [9.17, 15) is 9.59 Å². The first-order chi connectivity index (χ1) is 15.1. The molecule has 0 aliphatic carbocycles. The minimum atomic E-state index is -0.358. The van der Waals surface area contributed by atoms with Crippen LogP contribution in [0.15, 0.2) is 77.4 Å². The summed E-state index contributed by atoms with van der Waals surface area (Å²) in [6.07, 6.45) is 2.15. The van der Waals surface area contributed by atoms with Crippen molar-refractivity contribution in [1.29, 1.82) is 0 Å². The number of anilines is 1. The maximum atomic E-state index is 12.0. The molecule has 3 rings (SSSR count). The minimum Gasteiger partial charge on any atom is -0.484 e. The van der Waals surface area contributed by atoms with Crippen molar-refractivity contribution < 1.29 is 23.5 Å². The third-order valence-electron chi connectivity index (χ3n) is 4.49. The number of rotatable bonds is 11. The van der Waals surface area contributed by atoms with E-state index in [1.54, 1.807) is 36.4 Å². The zero-order valence-corrected chi connectivity index (χ0v) is 17.4. The lowest BCUT2D eigenvalue weighted by Gasteiger charge is -2.13. The molecule has 0 aliphatic heterocycles.